The summed E-state index contributed by atoms with van der Waals surface area (Å²) in [6, 6.07) is 0. The first-order valence-electron chi connectivity index (χ1n) is 12.4. The van der Waals surface area contributed by atoms with Gasteiger partial charge in [-0.15, -0.1) is 0 Å². The molecule has 2 saturated heterocycles. The van der Waals surface area contributed by atoms with E-state index < -0.39 is 5.72 Å². The molecule has 2 aliphatic rings. The van der Waals surface area contributed by atoms with Crippen LogP contribution < -0.4 is 5.32 Å². The number of unbranched alkanes of at least 4 members (excludes halogenated alkanes) is 12. The predicted molar refractivity (Wildman–Crippen MR) is 118 cm³/mol. The van der Waals surface area contributed by atoms with Crippen LogP contribution in [0.25, 0.3) is 0 Å². The number of ketones is 1. The van der Waals surface area contributed by atoms with Gasteiger partial charge in [-0.25, -0.2) is 0 Å². The Kier molecular flexibility index (Phi) is 12.4. The summed E-state index contributed by atoms with van der Waals surface area (Å²) in [5, 5.41) is 3.38. The lowest BCUT2D eigenvalue weighted by molar-refractivity contribution is -0.166. The molecule has 2 rings (SSSR count). The second-order valence-electron chi connectivity index (χ2n) is 8.89. The van der Waals surface area contributed by atoms with E-state index in [1.807, 2.05) is 0 Å². The van der Waals surface area contributed by atoms with Crippen molar-refractivity contribution < 1.29 is 9.53 Å². The smallest absolute Gasteiger partial charge is 0.181 e. The van der Waals surface area contributed by atoms with Crippen LogP contribution in [0.3, 0.4) is 0 Å². The van der Waals surface area contributed by atoms with E-state index in [0.717, 1.165) is 52.0 Å². The number of hydrogen-bond acceptors (Lipinski definition) is 4. The summed E-state index contributed by atoms with van der Waals surface area (Å²) in [6.45, 7) is 6.83. The molecule has 4 heteroatoms. The van der Waals surface area contributed by atoms with E-state index >= 15 is 0 Å². The fraction of sp³-hybridized carbons (Fsp3) is 0.958. The zero-order chi connectivity index (χ0) is 19.9. The van der Waals surface area contributed by atoms with Gasteiger partial charge in [0.25, 0.3) is 0 Å². The largest absolute Gasteiger partial charge is 0.353 e. The zero-order valence-electron chi connectivity index (χ0n) is 18.6. The Balaban J connectivity index is 1.48. The Bertz CT molecular complexity index is 401. The fourth-order valence-corrected chi connectivity index (χ4v) is 4.80. The Labute approximate surface area is 174 Å². The molecule has 0 aliphatic carbocycles. The highest BCUT2D eigenvalue weighted by molar-refractivity contribution is 5.87. The number of ether oxygens (including phenoxy) is 1. The number of nitrogens with one attached hydrogen (secondary N) is 1. The second-order valence-corrected chi connectivity index (χ2v) is 8.89. The zero-order valence-corrected chi connectivity index (χ0v) is 18.6. The van der Waals surface area contributed by atoms with Gasteiger partial charge in [-0.05, 0) is 19.3 Å². The van der Waals surface area contributed by atoms with Crippen LogP contribution in [0.2, 0.25) is 0 Å². The Morgan fingerprint density at radius 3 is 1.89 bits per heavy atom. The summed E-state index contributed by atoms with van der Waals surface area (Å²) < 4.78 is 6.05. The van der Waals surface area contributed by atoms with Crippen LogP contribution in [0.5, 0.6) is 0 Å². The van der Waals surface area contributed by atoms with Crippen molar-refractivity contribution in [3.05, 3.63) is 0 Å². The van der Waals surface area contributed by atoms with E-state index in [2.05, 4.69) is 17.1 Å². The van der Waals surface area contributed by atoms with E-state index in [4.69, 9.17) is 4.74 Å². The quantitative estimate of drug-likeness (QED) is 0.354. The molecule has 0 amide bonds. The third kappa shape index (κ3) is 8.12. The minimum Gasteiger partial charge on any atom is -0.353 e. The summed E-state index contributed by atoms with van der Waals surface area (Å²) in [5.74, 6) is 0.343. The van der Waals surface area contributed by atoms with Crippen LogP contribution >= 0.6 is 0 Å². The molecule has 0 aromatic rings. The summed E-state index contributed by atoms with van der Waals surface area (Å²) >= 11 is 0. The average molecular weight is 395 g/mol. The normalized spacial score (nSPS) is 23.3. The number of carbonyl (C=O) groups excluding carboxylic acids is 1. The molecule has 2 aliphatic heterocycles. The molecule has 0 aromatic carbocycles. The minimum absolute atomic E-state index is 0.343. The van der Waals surface area contributed by atoms with Gasteiger partial charge in [0.2, 0.25) is 0 Å². The van der Waals surface area contributed by atoms with Gasteiger partial charge >= 0.3 is 0 Å². The van der Waals surface area contributed by atoms with E-state index in [1.54, 1.807) is 0 Å². The van der Waals surface area contributed by atoms with E-state index in [0.29, 0.717) is 12.2 Å². The number of carbonyl (C=O) groups is 1. The maximum atomic E-state index is 13.0. The molecular weight excluding hydrogens is 348 g/mol. The Morgan fingerprint density at radius 2 is 1.39 bits per heavy atom. The highest BCUT2D eigenvalue weighted by Crippen LogP contribution is 2.32. The predicted octanol–water partition coefficient (Wildman–Crippen LogP) is 5.45. The van der Waals surface area contributed by atoms with Gasteiger partial charge in [-0.1, -0.05) is 84.0 Å². The van der Waals surface area contributed by atoms with E-state index in [-0.39, 0.29) is 0 Å². The monoisotopic (exact) mass is 394 g/mol. The van der Waals surface area contributed by atoms with Crippen LogP contribution in [0.15, 0.2) is 0 Å². The SMILES string of the molecule is CCCCCCCCCCCCCCCC(=O)C1(N2CCNCC2)CCCO1. The molecule has 1 atom stereocenters. The number of Topliss-reactive ketones (excluding diaryl/α,β-unsaturated/α-hetero) is 1. The first kappa shape index (κ1) is 23.8. The second kappa shape index (κ2) is 14.5. The lowest BCUT2D eigenvalue weighted by Crippen LogP contribution is -2.60. The van der Waals surface area contributed by atoms with Gasteiger partial charge in [-0.3, -0.25) is 9.69 Å². The van der Waals surface area contributed by atoms with E-state index in [9.17, 15) is 4.79 Å². The molecule has 1 unspecified atom stereocenters. The summed E-state index contributed by atoms with van der Waals surface area (Å²) in [4.78, 5) is 15.3. The molecule has 2 heterocycles. The average Bonchev–Trinajstić information content (AvgIpc) is 3.23. The first-order valence-corrected chi connectivity index (χ1v) is 12.4. The van der Waals surface area contributed by atoms with Crippen molar-refractivity contribution in [1.82, 2.24) is 10.2 Å². The number of rotatable bonds is 16. The van der Waals surface area contributed by atoms with E-state index in [1.165, 1.54) is 77.0 Å². The molecule has 2 fully saturated rings. The molecular formula is C24H46N2O2. The highest BCUT2D eigenvalue weighted by Gasteiger charge is 2.46. The molecule has 0 saturated carbocycles. The van der Waals surface area contributed by atoms with Crippen LogP contribution in [-0.4, -0.2) is 49.2 Å². The minimum atomic E-state index is -0.584. The van der Waals surface area contributed by atoms with Crippen molar-refractivity contribution in [3.8, 4) is 0 Å². The molecule has 0 bridgehead atoms. The number of nitrogens with zero attached hydrogens (tertiary/aromatic N) is 1. The summed E-state index contributed by atoms with van der Waals surface area (Å²) in [5.41, 5.74) is -0.584. The van der Waals surface area contributed by atoms with Crippen LogP contribution in [0, 0.1) is 0 Å². The maximum absolute atomic E-state index is 13.0. The third-order valence-electron chi connectivity index (χ3n) is 6.57. The molecule has 28 heavy (non-hydrogen) atoms. The summed E-state index contributed by atoms with van der Waals surface area (Å²) in [7, 11) is 0. The lowest BCUT2D eigenvalue weighted by atomic mass is 9.96. The van der Waals surface area contributed by atoms with Crippen LogP contribution in [0.1, 0.15) is 110 Å². The lowest BCUT2D eigenvalue weighted by Gasteiger charge is -2.41. The van der Waals surface area contributed by atoms with Crippen molar-refractivity contribution in [1.29, 1.82) is 0 Å². The fourth-order valence-electron chi connectivity index (χ4n) is 4.80. The molecule has 0 spiro atoms. The van der Waals surface area contributed by atoms with Crippen molar-refractivity contribution in [2.45, 2.75) is 115 Å². The third-order valence-corrected chi connectivity index (χ3v) is 6.57. The number of piperazine rings is 1. The van der Waals surface area contributed by atoms with Crippen molar-refractivity contribution in [2.24, 2.45) is 0 Å². The Hall–Kier alpha value is -0.450. The molecule has 0 aromatic heterocycles. The molecule has 4 nitrogen and oxygen atoms in total. The first-order chi connectivity index (χ1) is 13.8. The highest BCUT2D eigenvalue weighted by atomic mass is 16.5. The topological polar surface area (TPSA) is 41.6 Å². The van der Waals surface area contributed by atoms with Gasteiger partial charge < -0.3 is 10.1 Å². The molecule has 164 valence electrons. The van der Waals surface area contributed by atoms with Gasteiger partial charge in [0, 0.05) is 39.2 Å². The van der Waals surface area contributed by atoms with Gasteiger partial charge in [0.15, 0.2) is 11.5 Å². The van der Waals surface area contributed by atoms with Gasteiger partial charge in [-0.2, -0.15) is 0 Å². The van der Waals surface area contributed by atoms with Gasteiger partial charge in [0.1, 0.15) is 0 Å². The molecule has 1 N–H and O–H groups in total. The maximum Gasteiger partial charge on any atom is 0.181 e. The molecule has 0 radical (unpaired) electrons. The van der Waals surface area contributed by atoms with Crippen LogP contribution in [-0.2, 0) is 9.53 Å². The van der Waals surface area contributed by atoms with Crippen molar-refractivity contribution >= 4 is 5.78 Å². The van der Waals surface area contributed by atoms with Crippen LogP contribution in [0.4, 0.5) is 0 Å². The van der Waals surface area contributed by atoms with Gasteiger partial charge in [0.05, 0.1) is 0 Å². The Morgan fingerprint density at radius 1 is 0.857 bits per heavy atom. The standard InChI is InChI=1S/C24H46N2O2/c1-2-3-4-5-6-7-8-9-10-11-12-13-14-16-23(27)24(17-15-22-28-24)26-20-18-25-19-21-26/h25H,2-22H2,1H3. The van der Waals surface area contributed by atoms with Crippen molar-refractivity contribution in [3.63, 3.8) is 0 Å². The van der Waals surface area contributed by atoms with Crippen molar-refractivity contribution in [2.75, 3.05) is 32.8 Å². The number of hydrogen-bond donors (Lipinski definition) is 1. The summed E-state index contributed by atoms with van der Waals surface area (Å²) in [6.07, 6.45) is 20.1.